The van der Waals surface area contributed by atoms with Crippen LogP contribution < -0.4 is 9.47 Å². The molecule has 0 atom stereocenters. The van der Waals surface area contributed by atoms with E-state index in [1.54, 1.807) is 0 Å². The van der Waals surface area contributed by atoms with Gasteiger partial charge < -0.3 is 9.47 Å². The summed E-state index contributed by atoms with van der Waals surface area (Å²) in [7, 11) is 0. The van der Waals surface area contributed by atoms with Crippen molar-refractivity contribution in [2.24, 2.45) is 0 Å². The molecular weight excluding hydrogens is 164 g/mol. The van der Waals surface area contributed by atoms with E-state index in [4.69, 9.17) is 9.47 Å². The van der Waals surface area contributed by atoms with Crippen LogP contribution in [0.2, 0.25) is 0 Å². The maximum Gasteiger partial charge on any atom is 0.122 e. The first-order valence-corrected chi connectivity index (χ1v) is 4.78. The molecule has 2 heteroatoms. The van der Waals surface area contributed by atoms with Crippen LogP contribution in [0.3, 0.4) is 0 Å². The van der Waals surface area contributed by atoms with Gasteiger partial charge in [0.05, 0.1) is 13.2 Å². The first kappa shape index (κ1) is 8.42. The smallest absolute Gasteiger partial charge is 0.122 e. The summed E-state index contributed by atoms with van der Waals surface area (Å²) < 4.78 is 10.9. The third-order valence-corrected chi connectivity index (χ3v) is 2.13. The Morgan fingerprint density at radius 3 is 3.23 bits per heavy atom. The Bertz CT molecular complexity index is 294. The second-order valence-electron chi connectivity index (χ2n) is 3.22. The van der Waals surface area contributed by atoms with E-state index in [0.29, 0.717) is 0 Å². The molecule has 1 aromatic rings. The van der Waals surface area contributed by atoms with E-state index < -0.39 is 0 Å². The predicted octanol–water partition coefficient (Wildman–Crippen LogP) is 2.41. The van der Waals surface area contributed by atoms with Crippen LogP contribution in [0.25, 0.3) is 0 Å². The van der Waals surface area contributed by atoms with Gasteiger partial charge in [-0.1, -0.05) is 6.92 Å². The normalized spacial score (nSPS) is 13.6. The second kappa shape index (κ2) is 3.69. The summed E-state index contributed by atoms with van der Waals surface area (Å²) >= 11 is 0. The quantitative estimate of drug-likeness (QED) is 0.707. The van der Waals surface area contributed by atoms with E-state index >= 15 is 0 Å². The van der Waals surface area contributed by atoms with Gasteiger partial charge in [0.25, 0.3) is 0 Å². The fourth-order valence-corrected chi connectivity index (χ4v) is 1.47. The van der Waals surface area contributed by atoms with Crippen molar-refractivity contribution in [3.63, 3.8) is 0 Å². The topological polar surface area (TPSA) is 18.5 Å². The highest BCUT2D eigenvalue weighted by atomic mass is 16.5. The average Bonchev–Trinajstić information content (AvgIpc) is 2.61. The van der Waals surface area contributed by atoms with E-state index in [0.717, 1.165) is 37.6 Å². The minimum absolute atomic E-state index is 0.791. The summed E-state index contributed by atoms with van der Waals surface area (Å²) in [6.45, 7) is 3.71. The summed E-state index contributed by atoms with van der Waals surface area (Å²) in [5, 5.41) is 0. The van der Waals surface area contributed by atoms with Gasteiger partial charge in [-0.05, 0) is 24.6 Å². The molecule has 1 heterocycles. The van der Waals surface area contributed by atoms with Crippen LogP contribution in [0, 0.1) is 0 Å². The Morgan fingerprint density at radius 2 is 2.38 bits per heavy atom. The molecular formula is C11H14O2. The highest BCUT2D eigenvalue weighted by Gasteiger charge is 2.11. The van der Waals surface area contributed by atoms with E-state index in [1.165, 1.54) is 5.56 Å². The molecule has 13 heavy (non-hydrogen) atoms. The molecule has 70 valence electrons. The molecule has 0 aliphatic carbocycles. The van der Waals surface area contributed by atoms with E-state index in [2.05, 4.69) is 13.0 Å². The van der Waals surface area contributed by atoms with Crippen molar-refractivity contribution in [2.45, 2.75) is 19.8 Å². The Hall–Kier alpha value is -1.18. The zero-order valence-corrected chi connectivity index (χ0v) is 7.88. The molecule has 2 rings (SSSR count). The predicted molar refractivity (Wildman–Crippen MR) is 51.4 cm³/mol. The maximum absolute atomic E-state index is 5.52. The Balaban J connectivity index is 2.12. The molecule has 0 amide bonds. The van der Waals surface area contributed by atoms with Gasteiger partial charge in [0.1, 0.15) is 11.5 Å². The van der Waals surface area contributed by atoms with Gasteiger partial charge in [-0.15, -0.1) is 0 Å². The van der Waals surface area contributed by atoms with Crippen LogP contribution in [0.5, 0.6) is 11.5 Å². The van der Waals surface area contributed by atoms with Crippen molar-refractivity contribution in [3.05, 3.63) is 23.8 Å². The lowest BCUT2D eigenvalue weighted by Gasteiger charge is -2.05. The third kappa shape index (κ3) is 1.77. The summed E-state index contributed by atoms with van der Waals surface area (Å²) in [6, 6.07) is 6.05. The van der Waals surface area contributed by atoms with Crippen molar-refractivity contribution in [1.82, 2.24) is 0 Å². The Kier molecular flexibility index (Phi) is 2.39. The van der Waals surface area contributed by atoms with Crippen LogP contribution >= 0.6 is 0 Å². The lowest BCUT2D eigenvalue weighted by molar-refractivity contribution is 0.316. The largest absolute Gasteiger partial charge is 0.494 e. The summed E-state index contributed by atoms with van der Waals surface area (Å²) in [5.74, 6) is 1.98. The molecule has 0 saturated heterocycles. The highest BCUT2D eigenvalue weighted by Crippen LogP contribution is 2.28. The molecule has 0 N–H and O–H groups in total. The van der Waals surface area contributed by atoms with Crippen LogP contribution in [0.15, 0.2) is 18.2 Å². The fraction of sp³-hybridized carbons (Fsp3) is 0.455. The molecule has 0 bridgehead atoms. The summed E-state index contributed by atoms with van der Waals surface area (Å²) in [6.07, 6.45) is 2.06. The fourth-order valence-electron chi connectivity index (χ4n) is 1.47. The van der Waals surface area contributed by atoms with E-state index in [9.17, 15) is 0 Å². The number of ether oxygens (including phenoxy) is 2. The van der Waals surface area contributed by atoms with Crippen molar-refractivity contribution < 1.29 is 9.47 Å². The number of hydrogen-bond acceptors (Lipinski definition) is 2. The van der Waals surface area contributed by atoms with Crippen molar-refractivity contribution >= 4 is 0 Å². The number of fused-ring (bicyclic) bond motifs is 1. The molecule has 0 spiro atoms. The van der Waals surface area contributed by atoms with Gasteiger partial charge in [0.15, 0.2) is 0 Å². The SMILES string of the molecule is CCCOc1ccc2c(c1)CCO2. The standard InChI is InChI=1S/C11H14O2/c1-2-6-12-10-3-4-11-9(8-10)5-7-13-11/h3-4,8H,2,5-7H2,1H3. The zero-order chi connectivity index (χ0) is 9.10. The molecule has 0 fully saturated rings. The monoisotopic (exact) mass is 178 g/mol. The van der Waals surface area contributed by atoms with Gasteiger partial charge >= 0.3 is 0 Å². The molecule has 1 aliphatic heterocycles. The van der Waals surface area contributed by atoms with E-state index in [-0.39, 0.29) is 0 Å². The van der Waals surface area contributed by atoms with Crippen molar-refractivity contribution in [1.29, 1.82) is 0 Å². The Morgan fingerprint density at radius 1 is 1.46 bits per heavy atom. The minimum atomic E-state index is 0.791. The zero-order valence-electron chi connectivity index (χ0n) is 7.88. The Labute approximate surface area is 78.5 Å². The molecule has 1 aromatic carbocycles. The summed E-state index contributed by atoms with van der Waals surface area (Å²) in [5.41, 5.74) is 1.27. The lowest BCUT2D eigenvalue weighted by Crippen LogP contribution is -1.94. The molecule has 0 unspecified atom stereocenters. The van der Waals surface area contributed by atoms with Crippen LogP contribution in [-0.2, 0) is 6.42 Å². The number of rotatable bonds is 3. The first-order chi connectivity index (χ1) is 6.40. The highest BCUT2D eigenvalue weighted by molar-refractivity contribution is 5.42. The van der Waals surface area contributed by atoms with Crippen molar-refractivity contribution in [3.8, 4) is 11.5 Å². The molecule has 1 aliphatic rings. The third-order valence-electron chi connectivity index (χ3n) is 2.13. The number of benzene rings is 1. The van der Waals surface area contributed by atoms with Crippen LogP contribution in [0.1, 0.15) is 18.9 Å². The number of hydrogen-bond donors (Lipinski definition) is 0. The minimum Gasteiger partial charge on any atom is -0.494 e. The molecule has 0 saturated carbocycles. The van der Waals surface area contributed by atoms with Crippen molar-refractivity contribution in [2.75, 3.05) is 13.2 Å². The molecule has 2 nitrogen and oxygen atoms in total. The van der Waals surface area contributed by atoms with Gasteiger partial charge in [-0.25, -0.2) is 0 Å². The lowest BCUT2D eigenvalue weighted by atomic mass is 10.2. The first-order valence-electron chi connectivity index (χ1n) is 4.78. The second-order valence-corrected chi connectivity index (χ2v) is 3.22. The molecule has 0 radical (unpaired) electrons. The van der Waals surface area contributed by atoms with Gasteiger partial charge in [0, 0.05) is 12.0 Å². The van der Waals surface area contributed by atoms with Gasteiger partial charge in [0.2, 0.25) is 0 Å². The van der Waals surface area contributed by atoms with E-state index in [1.807, 2.05) is 12.1 Å². The van der Waals surface area contributed by atoms with Gasteiger partial charge in [-0.3, -0.25) is 0 Å². The average molecular weight is 178 g/mol. The van der Waals surface area contributed by atoms with Crippen LogP contribution in [0.4, 0.5) is 0 Å². The molecule has 0 aromatic heterocycles. The maximum atomic E-state index is 5.52. The van der Waals surface area contributed by atoms with Gasteiger partial charge in [-0.2, -0.15) is 0 Å². The van der Waals surface area contributed by atoms with Crippen LogP contribution in [-0.4, -0.2) is 13.2 Å². The summed E-state index contributed by atoms with van der Waals surface area (Å²) in [4.78, 5) is 0.